The van der Waals surface area contributed by atoms with Gasteiger partial charge < -0.3 is 10.6 Å². The van der Waals surface area contributed by atoms with Gasteiger partial charge in [-0.2, -0.15) is 0 Å². The topological polar surface area (TPSA) is 46.3 Å². The Morgan fingerprint density at radius 3 is 2.81 bits per heavy atom. The summed E-state index contributed by atoms with van der Waals surface area (Å²) in [6.45, 7) is 0.0973. The van der Waals surface area contributed by atoms with Gasteiger partial charge in [0.1, 0.15) is 0 Å². The predicted molar refractivity (Wildman–Crippen MR) is 65.2 cm³/mol. The average Bonchev–Trinajstić information content (AvgIpc) is 2.20. The first-order valence-electron chi connectivity index (χ1n) is 4.41. The molecular weight excluding hydrogens is 251 g/mol. The fourth-order valence-corrected chi connectivity index (χ4v) is 1.55. The minimum Gasteiger partial charge on any atom is -0.392 e. The Hall–Kier alpha value is -1.20. The van der Waals surface area contributed by atoms with Crippen LogP contribution in [0.15, 0.2) is 18.2 Å². The first kappa shape index (κ1) is 12.9. The van der Waals surface area contributed by atoms with Crippen LogP contribution in [-0.2, 0) is 0 Å². The normalized spacial score (nSPS) is 9.94. The van der Waals surface area contributed by atoms with Crippen LogP contribution < -0.4 is 5.73 Å². The van der Waals surface area contributed by atoms with Gasteiger partial charge in [-0.3, -0.25) is 4.79 Å². The van der Waals surface area contributed by atoms with E-state index in [4.69, 9.17) is 17.3 Å². The Labute approximate surface area is 103 Å². The highest BCUT2D eigenvalue weighted by Crippen LogP contribution is 2.18. The van der Waals surface area contributed by atoms with Gasteiger partial charge in [0, 0.05) is 7.05 Å². The molecule has 1 aromatic carbocycles. The molecule has 3 nitrogen and oxygen atoms in total. The number of hydrogen-bond acceptors (Lipinski definition) is 2. The van der Waals surface area contributed by atoms with Crippen molar-refractivity contribution in [3.05, 3.63) is 34.6 Å². The van der Waals surface area contributed by atoms with Crippen LogP contribution in [0.1, 0.15) is 10.4 Å². The van der Waals surface area contributed by atoms with Crippen LogP contribution in [0.2, 0.25) is 5.02 Å². The van der Waals surface area contributed by atoms with Crippen LogP contribution in [0.25, 0.3) is 0 Å². The number of likely N-dealkylation sites (N-methyl/N-ethyl adjacent to an activating group) is 1. The Balaban J connectivity index is 2.96. The second-order valence-corrected chi connectivity index (χ2v) is 4.16. The highest BCUT2D eigenvalue weighted by molar-refractivity contribution is 7.80. The maximum atomic E-state index is 13.5. The van der Waals surface area contributed by atoms with Crippen molar-refractivity contribution < 1.29 is 9.18 Å². The summed E-state index contributed by atoms with van der Waals surface area (Å²) in [4.78, 5) is 13.2. The van der Waals surface area contributed by atoms with E-state index in [1.54, 1.807) is 0 Å². The number of halogens is 2. The first-order chi connectivity index (χ1) is 7.43. The summed E-state index contributed by atoms with van der Waals surface area (Å²) in [7, 11) is 1.49. The molecule has 0 spiro atoms. The van der Waals surface area contributed by atoms with E-state index in [2.05, 4.69) is 12.2 Å². The summed E-state index contributed by atoms with van der Waals surface area (Å²) < 4.78 is 13.5. The molecular formula is C10H10ClFN2OS. The van der Waals surface area contributed by atoms with Crippen molar-refractivity contribution in [2.24, 2.45) is 5.73 Å². The van der Waals surface area contributed by atoms with Crippen LogP contribution >= 0.6 is 23.8 Å². The van der Waals surface area contributed by atoms with Gasteiger partial charge in [0.05, 0.1) is 22.1 Å². The highest BCUT2D eigenvalue weighted by Gasteiger charge is 2.17. The highest BCUT2D eigenvalue weighted by atomic mass is 35.5. The lowest BCUT2D eigenvalue weighted by molar-refractivity contribution is 0.0810. The van der Waals surface area contributed by atoms with E-state index in [0.29, 0.717) is 0 Å². The largest absolute Gasteiger partial charge is 0.392 e. The van der Waals surface area contributed by atoms with Crippen molar-refractivity contribution in [1.29, 1.82) is 0 Å². The summed E-state index contributed by atoms with van der Waals surface area (Å²) in [5, 5.41) is -0.0884. The second-order valence-electron chi connectivity index (χ2n) is 3.23. The lowest BCUT2D eigenvalue weighted by Gasteiger charge is -2.16. The van der Waals surface area contributed by atoms with Crippen LogP contribution in [0.5, 0.6) is 0 Å². The van der Waals surface area contributed by atoms with E-state index in [9.17, 15) is 9.18 Å². The predicted octanol–water partition coefficient (Wildman–Crippen LogP) is 1.84. The van der Waals surface area contributed by atoms with Gasteiger partial charge in [-0.1, -0.05) is 29.9 Å². The lowest BCUT2D eigenvalue weighted by Crippen LogP contribution is -2.34. The molecule has 0 radical (unpaired) electrons. The number of carbonyl (C=O) groups is 1. The van der Waals surface area contributed by atoms with Gasteiger partial charge >= 0.3 is 0 Å². The van der Waals surface area contributed by atoms with E-state index in [1.807, 2.05) is 0 Å². The molecule has 0 saturated heterocycles. The van der Waals surface area contributed by atoms with Crippen molar-refractivity contribution in [2.45, 2.75) is 0 Å². The van der Waals surface area contributed by atoms with Gasteiger partial charge in [0.25, 0.3) is 5.91 Å². The molecule has 0 unspecified atom stereocenters. The molecule has 0 aliphatic heterocycles. The zero-order chi connectivity index (χ0) is 12.3. The van der Waals surface area contributed by atoms with Crippen molar-refractivity contribution in [1.82, 2.24) is 4.90 Å². The van der Waals surface area contributed by atoms with Gasteiger partial charge in [0.2, 0.25) is 0 Å². The Morgan fingerprint density at radius 2 is 2.25 bits per heavy atom. The summed E-state index contributed by atoms with van der Waals surface area (Å²) in [5.74, 6) is -1.24. The standard InChI is InChI=1S/C10H10ClFN2OS/c1-14(5-8(13)16)10(15)6-3-2-4-7(11)9(6)12/h2-4H,5H2,1H3,(H2,13,16). The molecule has 0 bridgehead atoms. The van der Waals surface area contributed by atoms with Crippen LogP contribution in [0.4, 0.5) is 4.39 Å². The summed E-state index contributed by atoms with van der Waals surface area (Å²) in [6, 6.07) is 4.24. The number of benzene rings is 1. The molecule has 0 saturated carbocycles. The van der Waals surface area contributed by atoms with Crippen LogP contribution in [-0.4, -0.2) is 29.4 Å². The summed E-state index contributed by atoms with van der Waals surface area (Å²) >= 11 is 10.2. The van der Waals surface area contributed by atoms with Crippen molar-refractivity contribution in [3.8, 4) is 0 Å². The second kappa shape index (κ2) is 5.23. The molecule has 0 aromatic heterocycles. The molecule has 1 aromatic rings. The quantitative estimate of drug-likeness (QED) is 0.844. The number of nitrogens with two attached hydrogens (primary N) is 1. The van der Waals surface area contributed by atoms with Crippen molar-refractivity contribution in [3.63, 3.8) is 0 Å². The molecule has 0 fully saturated rings. The Morgan fingerprint density at radius 1 is 1.62 bits per heavy atom. The van der Waals surface area contributed by atoms with Gasteiger partial charge in [-0.05, 0) is 12.1 Å². The molecule has 0 aliphatic carbocycles. The molecule has 86 valence electrons. The van der Waals surface area contributed by atoms with Crippen LogP contribution in [0, 0.1) is 5.82 Å². The van der Waals surface area contributed by atoms with Crippen LogP contribution in [0.3, 0.4) is 0 Å². The summed E-state index contributed by atoms with van der Waals surface area (Å²) in [5.41, 5.74) is 5.20. The first-order valence-corrected chi connectivity index (χ1v) is 5.20. The molecule has 0 heterocycles. The lowest BCUT2D eigenvalue weighted by atomic mass is 10.2. The number of amides is 1. The Bertz CT molecular complexity index is 439. The molecule has 6 heteroatoms. The SMILES string of the molecule is CN(CC(N)=S)C(=O)c1cccc(Cl)c1F. The monoisotopic (exact) mass is 260 g/mol. The molecule has 1 rings (SSSR count). The van der Waals surface area contributed by atoms with E-state index in [0.717, 1.165) is 0 Å². The fraction of sp³-hybridized carbons (Fsp3) is 0.200. The van der Waals surface area contributed by atoms with Gasteiger partial charge in [-0.25, -0.2) is 4.39 Å². The van der Waals surface area contributed by atoms with Crippen molar-refractivity contribution in [2.75, 3.05) is 13.6 Å². The fourth-order valence-electron chi connectivity index (χ4n) is 1.18. The number of carbonyl (C=O) groups excluding carboxylic acids is 1. The Kier molecular flexibility index (Phi) is 4.20. The third-order valence-electron chi connectivity index (χ3n) is 1.92. The average molecular weight is 261 g/mol. The molecule has 0 atom stereocenters. The van der Waals surface area contributed by atoms with E-state index < -0.39 is 11.7 Å². The van der Waals surface area contributed by atoms with Gasteiger partial charge in [-0.15, -0.1) is 0 Å². The summed E-state index contributed by atoms with van der Waals surface area (Å²) in [6.07, 6.45) is 0. The smallest absolute Gasteiger partial charge is 0.257 e. The number of hydrogen-bond donors (Lipinski definition) is 1. The van der Waals surface area contributed by atoms with Crippen molar-refractivity contribution >= 4 is 34.7 Å². The number of nitrogens with zero attached hydrogens (tertiary/aromatic N) is 1. The zero-order valence-corrected chi connectivity index (χ0v) is 10.1. The van der Waals surface area contributed by atoms with E-state index in [-0.39, 0.29) is 22.1 Å². The molecule has 2 N–H and O–H groups in total. The molecule has 16 heavy (non-hydrogen) atoms. The third kappa shape index (κ3) is 2.90. The third-order valence-corrected chi connectivity index (χ3v) is 2.34. The van der Waals surface area contributed by atoms with E-state index in [1.165, 1.54) is 30.1 Å². The van der Waals surface area contributed by atoms with E-state index >= 15 is 0 Å². The molecule has 1 amide bonds. The number of thiocarbonyl (C=S) groups is 1. The van der Waals surface area contributed by atoms with Gasteiger partial charge in [0.15, 0.2) is 5.82 Å². The minimum absolute atomic E-state index is 0.0884. The number of rotatable bonds is 3. The molecule has 0 aliphatic rings. The zero-order valence-electron chi connectivity index (χ0n) is 8.54. The maximum Gasteiger partial charge on any atom is 0.257 e. The maximum absolute atomic E-state index is 13.5. The minimum atomic E-state index is -0.732.